The maximum atomic E-state index is 6.21. The number of aromatic nitrogens is 1. The molecular weight excluding hydrogens is 395 g/mol. The Balaban J connectivity index is 0.00000338. The van der Waals surface area contributed by atoms with Gasteiger partial charge in [0.2, 0.25) is 5.88 Å². The molecule has 0 saturated carbocycles. The molecule has 2 rings (SSSR count). The SMILES string of the molecule is COc1ccc(OCCCN(C)C)c(C=Cc2ccc(Cl)cc2Cl)n1.Cl. The summed E-state index contributed by atoms with van der Waals surface area (Å²) in [6, 6.07) is 9.02. The van der Waals surface area contributed by atoms with Crippen molar-refractivity contribution in [2.75, 3.05) is 34.4 Å². The number of pyridine rings is 1. The molecule has 0 N–H and O–H groups in total. The van der Waals surface area contributed by atoms with Crippen LogP contribution in [0.15, 0.2) is 30.3 Å². The van der Waals surface area contributed by atoms with Crippen molar-refractivity contribution in [1.82, 2.24) is 9.88 Å². The minimum atomic E-state index is 0. The summed E-state index contributed by atoms with van der Waals surface area (Å²) in [6.07, 6.45) is 4.68. The Kier molecular flexibility index (Phi) is 9.81. The molecule has 1 heterocycles. The highest BCUT2D eigenvalue weighted by Crippen LogP contribution is 2.26. The van der Waals surface area contributed by atoms with Gasteiger partial charge in [-0.3, -0.25) is 0 Å². The van der Waals surface area contributed by atoms with Crippen LogP contribution in [-0.4, -0.2) is 44.2 Å². The van der Waals surface area contributed by atoms with Crippen LogP contribution in [0.2, 0.25) is 10.0 Å². The quantitative estimate of drug-likeness (QED) is 0.544. The standard InChI is InChI=1S/C19H22Cl2N2O2.ClH/c1-23(2)11-4-12-25-18-9-10-19(24-3)22-17(18)8-6-14-5-7-15(20)13-16(14)21;/h5-10,13H,4,11-12H2,1-3H3;1H. The molecule has 4 nitrogen and oxygen atoms in total. The molecule has 2 aromatic rings. The summed E-state index contributed by atoms with van der Waals surface area (Å²) in [6.45, 7) is 1.59. The number of rotatable bonds is 8. The zero-order valence-electron chi connectivity index (χ0n) is 15.0. The van der Waals surface area contributed by atoms with Crippen LogP contribution in [0, 0.1) is 0 Å². The molecule has 0 atom stereocenters. The molecule has 0 spiro atoms. The van der Waals surface area contributed by atoms with E-state index in [9.17, 15) is 0 Å². The van der Waals surface area contributed by atoms with Gasteiger partial charge in [0, 0.05) is 22.7 Å². The average molecular weight is 418 g/mol. The molecule has 0 aliphatic heterocycles. The van der Waals surface area contributed by atoms with Crippen molar-refractivity contribution in [1.29, 1.82) is 0 Å². The summed E-state index contributed by atoms with van der Waals surface area (Å²) in [4.78, 5) is 6.58. The third kappa shape index (κ3) is 7.04. The third-order valence-electron chi connectivity index (χ3n) is 3.46. The van der Waals surface area contributed by atoms with Crippen LogP contribution in [0.1, 0.15) is 17.7 Å². The van der Waals surface area contributed by atoms with Crippen LogP contribution >= 0.6 is 35.6 Å². The summed E-state index contributed by atoms with van der Waals surface area (Å²) < 4.78 is 11.1. The Hall–Kier alpha value is -1.46. The van der Waals surface area contributed by atoms with Gasteiger partial charge in [-0.25, -0.2) is 4.98 Å². The Morgan fingerprint density at radius 3 is 2.54 bits per heavy atom. The predicted octanol–water partition coefficient (Wildman–Crippen LogP) is 5.32. The van der Waals surface area contributed by atoms with E-state index >= 15 is 0 Å². The van der Waals surface area contributed by atoms with E-state index in [2.05, 4.69) is 9.88 Å². The molecule has 142 valence electrons. The largest absolute Gasteiger partial charge is 0.491 e. The Labute approximate surface area is 171 Å². The summed E-state index contributed by atoms with van der Waals surface area (Å²) in [5, 5.41) is 1.19. The molecule has 0 fully saturated rings. The van der Waals surface area contributed by atoms with Crippen molar-refractivity contribution >= 4 is 47.8 Å². The van der Waals surface area contributed by atoms with Gasteiger partial charge in [-0.15, -0.1) is 12.4 Å². The van der Waals surface area contributed by atoms with Gasteiger partial charge in [-0.05, 0) is 50.4 Å². The molecule has 0 radical (unpaired) electrons. The predicted molar refractivity (Wildman–Crippen MR) is 112 cm³/mol. The normalized spacial score (nSPS) is 10.8. The Bertz CT molecular complexity index is 737. The number of ether oxygens (including phenoxy) is 2. The van der Waals surface area contributed by atoms with Crippen LogP contribution in [0.4, 0.5) is 0 Å². The second kappa shape index (κ2) is 11.3. The van der Waals surface area contributed by atoms with Gasteiger partial charge in [0.15, 0.2) is 0 Å². The molecular formula is C19H23Cl3N2O2. The van der Waals surface area contributed by atoms with E-state index in [1.165, 1.54) is 0 Å². The topological polar surface area (TPSA) is 34.6 Å². The lowest BCUT2D eigenvalue weighted by Gasteiger charge is -2.12. The maximum absolute atomic E-state index is 6.21. The van der Waals surface area contributed by atoms with E-state index < -0.39 is 0 Å². The highest BCUT2D eigenvalue weighted by Gasteiger charge is 2.06. The van der Waals surface area contributed by atoms with Crippen LogP contribution in [0.5, 0.6) is 11.6 Å². The Morgan fingerprint density at radius 1 is 1.12 bits per heavy atom. The number of halogens is 3. The van der Waals surface area contributed by atoms with E-state index in [0.29, 0.717) is 34.0 Å². The van der Waals surface area contributed by atoms with Crippen LogP contribution < -0.4 is 9.47 Å². The zero-order valence-corrected chi connectivity index (χ0v) is 17.4. The first-order chi connectivity index (χ1) is 12.0. The van der Waals surface area contributed by atoms with Crippen molar-refractivity contribution < 1.29 is 9.47 Å². The summed E-state index contributed by atoms with van der Waals surface area (Å²) in [5.41, 5.74) is 1.55. The third-order valence-corrected chi connectivity index (χ3v) is 4.02. The van der Waals surface area contributed by atoms with E-state index in [-0.39, 0.29) is 12.4 Å². The molecule has 0 unspecified atom stereocenters. The van der Waals surface area contributed by atoms with E-state index in [4.69, 9.17) is 32.7 Å². The van der Waals surface area contributed by atoms with Crippen molar-refractivity contribution in [3.63, 3.8) is 0 Å². The van der Waals surface area contributed by atoms with Gasteiger partial charge in [0.25, 0.3) is 0 Å². The fourth-order valence-corrected chi connectivity index (χ4v) is 2.64. The maximum Gasteiger partial charge on any atom is 0.213 e. The van der Waals surface area contributed by atoms with E-state index in [0.717, 1.165) is 18.5 Å². The lowest BCUT2D eigenvalue weighted by molar-refractivity contribution is 0.279. The number of nitrogens with zero attached hydrogens (tertiary/aromatic N) is 2. The average Bonchev–Trinajstić information content (AvgIpc) is 2.58. The molecule has 1 aromatic heterocycles. The zero-order chi connectivity index (χ0) is 18.2. The second-order valence-corrected chi connectivity index (χ2v) is 6.59. The summed E-state index contributed by atoms with van der Waals surface area (Å²) in [5.74, 6) is 1.24. The number of methoxy groups -OCH3 is 1. The first-order valence-electron chi connectivity index (χ1n) is 7.95. The molecule has 0 amide bonds. The van der Waals surface area contributed by atoms with Gasteiger partial charge in [0.1, 0.15) is 11.4 Å². The van der Waals surface area contributed by atoms with Crippen LogP contribution in [-0.2, 0) is 0 Å². The van der Waals surface area contributed by atoms with Crippen LogP contribution in [0.3, 0.4) is 0 Å². The number of hydrogen-bond acceptors (Lipinski definition) is 4. The monoisotopic (exact) mass is 416 g/mol. The van der Waals surface area contributed by atoms with Crippen molar-refractivity contribution in [3.05, 3.63) is 51.6 Å². The molecule has 7 heteroatoms. The molecule has 0 saturated heterocycles. The van der Waals surface area contributed by atoms with Gasteiger partial charge in [0.05, 0.1) is 13.7 Å². The highest BCUT2D eigenvalue weighted by atomic mass is 35.5. The van der Waals surface area contributed by atoms with Gasteiger partial charge in [-0.2, -0.15) is 0 Å². The first-order valence-corrected chi connectivity index (χ1v) is 8.71. The molecule has 26 heavy (non-hydrogen) atoms. The fraction of sp³-hybridized carbons (Fsp3) is 0.316. The summed E-state index contributed by atoms with van der Waals surface area (Å²) in [7, 11) is 5.67. The Morgan fingerprint density at radius 2 is 1.88 bits per heavy atom. The van der Waals surface area contributed by atoms with Crippen molar-refractivity contribution in [2.24, 2.45) is 0 Å². The molecule has 1 aromatic carbocycles. The second-order valence-electron chi connectivity index (χ2n) is 5.74. The van der Waals surface area contributed by atoms with Gasteiger partial charge < -0.3 is 14.4 Å². The fourth-order valence-electron chi connectivity index (χ4n) is 2.17. The minimum absolute atomic E-state index is 0. The smallest absolute Gasteiger partial charge is 0.213 e. The number of benzene rings is 1. The first kappa shape index (κ1) is 22.6. The summed E-state index contributed by atoms with van der Waals surface area (Å²) >= 11 is 12.1. The van der Waals surface area contributed by atoms with Gasteiger partial charge >= 0.3 is 0 Å². The van der Waals surface area contributed by atoms with Crippen molar-refractivity contribution in [2.45, 2.75) is 6.42 Å². The molecule has 0 aliphatic carbocycles. The van der Waals surface area contributed by atoms with Crippen molar-refractivity contribution in [3.8, 4) is 11.6 Å². The molecule has 0 bridgehead atoms. The van der Waals surface area contributed by atoms with Gasteiger partial charge in [-0.1, -0.05) is 35.3 Å². The van der Waals surface area contributed by atoms with Crippen LogP contribution in [0.25, 0.3) is 12.2 Å². The highest BCUT2D eigenvalue weighted by molar-refractivity contribution is 6.35. The lowest BCUT2D eigenvalue weighted by atomic mass is 10.2. The lowest BCUT2D eigenvalue weighted by Crippen LogP contribution is -2.15. The van der Waals surface area contributed by atoms with E-state index in [1.54, 1.807) is 25.3 Å². The van der Waals surface area contributed by atoms with E-state index in [1.807, 2.05) is 38.4 Å². The number of hydrogen-bond donors (Lipinski definition) is 0. The minimum Gasteiger partial charge on any atom is -0.491 e. The molecule has 0 aliphatic rings.